The molecule has 162 valence electrons. The van der Waals surface area contributed by atoms with Crippen LogP contribution in [0.2, 0.25) is 10.0 Å². The van der Waals surface area contributed by atoms with Gasteiger partial charge in [-0.15, -0.1) is 0 Å². The summed E-state index contributed by atoms with van der Waals surface area (Å²) in [7, 11) is 0. The summed E-state index contributed by atoms with van der Waals surface area (Å²) in [5, 5.41) is 10.2. The number of carbonyl (C=O) groups excluding carboxylic acids is 2. The van der Waals surface area contributed by atoms with Gasteiger partial charge in [0.2, 0.25) is 0 Å². The van der Waals surface area contributed by atoms with E-state index in [1.54, 1.807) is 47.4 Å². The van der Waals surface area contributed by atoms with Crippen LogP contribution in [0.4, 0.5) is 0 Å². The highest BCUT2D eigenvalue weighted by atomic mass is 35.5. The fourth-order valence-corrected chi connectivity index (χ4v) is 4.34. The highest BCUT2D eigenvalue weighted by Crippen LogP contribution is 2.27. The van der Waals surface area contributed by atoms with Gasteiger partial charge in [-0.25, -0.2) is 4.79 Å². The van der Waals surface area contributed by atoms with Crippen molar-refractivity contribution in [3.8, 4) is 0 Å². The second kappa shape index (κ2) is 9.15. The number of halogens is 2. The molecule has 1 atom stereocenters. The third-order valence-corrected chi connectivity index (χ3v) is 6.01. The molecule has 1 amide bonds. The standard InChI is InChI=1S/C25H19Cl2NO4/c26-19-3-1-2-16(10-19)11-22-23(29)13-18-12-20(27)8-9-21(18)24(30)28(22)14-15-4-6-17(7-5-15)25(31)32/h1-10,12,22H,11,13-14H2,(H,31,32)/t22-/m1/s1. The van der Waals surface area contributed by atoms with Crippen LogP contribution in [0.15, 0.2) is 66.7 Å². The third kappa shape index (κ3) is 4.69. The van der Waals surface area contributed by atoms with Crippen molar-refractivity contribution in [1.82, 2.24) is 4.90 Å². The average Bonchev–Trinajstić information content (AvgIpc) is 2.84. The Labute approximate surface area is 195 Å². The molecular weight excluding hydrogens is 449 g/mol. The SMILES string of the molecule is O=C(O)c1ccc(CN2C(=O)c3ccc(Cl)cc3CC(=O)[C@H]2Cc2cccc(Cl)c2)cc1. The van der Waals surface area contributed by atoms with E-state index in [2.05, 4.69) is 0 Å². The van der Waals surface area contributed by atoms with E-state index >= 15 is 0 Å². The molecule has 3 aromatic rings. The van der Waals surface area contributed by atoms with Crippen molar-refractivity contribution in [2.24, 2.45) is 0 Å². The maximum Gasteiger partial charge on any atom is 0.335 e. The number of carboxylic acids is 1. The van der Waals surface area contributed by atoms with E-state index in [4.69, 9.17) is 28.3 Å². The van der Waals surface area contributed by atoms with E-state index < -0.39 is 12.0 Å². The zero-order valence-electron chi connectivity index (χ0n) is 16.9. The predicted molar refractivity (Wildman–Crippen MR) is 122 cm³/mol. The van der Waals surface area contributed by atoms with Crippen LogP contribution in [0, 0.1) is 0 Å². The molecule has 1 aliphatic rings. The molecule has 3 aromatic carbocycles. The highest BCUT2D eigenvalue weighted by Gasteiger charge is 2.35. The first kappa shape index (κ1) is 22.1. The van der Waals surface area contributed by atoms with Crippen molar-refractivity contribution in [3.63, 3.8) is 0 Å². The molecule has 7 heteroatoms. The average molecular weight is 468 g/mol. The van der Waals surface area contributed by atoms with Gasteiger partial charge in [-0.1, -0.05) is 47.5 Å². The second-order valence-electron chi connectivity index (χ2n) is 7.73. The molecule has 0 fully saturated rings. The summed E-state index contributed by atoms with van der Waals surface area (Å²) in [6.07, 6.45) is 0.418. The lowest BCUT2D eigenvalue weighted by molar-refractivity contribution is -0.122. The third-order valence-electron chi connectivity index (χ3n) is 5.54. The summed E-state index contributed by atoms with van der Waals surface area (Å²) < 4.78 is 0. The lowest BCUT2D eigenvalue weighted by Crippen LogP contribution is -2.44. The molecule has 0 bridgehead atoms. The smallest absolute Gasteiger partial charge is 0.335 e. The van der Waals surface area contributed by atoms with E-state index in [-0.39, 0.29) is 30.2 Å². The van der Waals surface area contributed by atoms with Crippen LogP contribution in [0.25, 0.3) is 0 Å². The van der Waals surface area contributed by atoms with Gasteiger partial charge in [0, 0.05) is 35.0 Å². The maximum atomic E-state index is 13.6. The van der Waals surface area contributed by atoms with Crippen molar-refractivity contribution >= 4 is 40.9 Å². The van der Waals surface area contributed by atoms with Crippen LogP contribution in [0.5, 0.6) is 0 Å². The number of aromatic carboxylic acids is 1. The summed E-state index contributed by atoms with van der Waals surface area (Å²) in [6.45, 7) is 0.164. The van der Waals surface area contributed by atoms with Gasteiger partial charge in [0.25, 0.3) is 5.91 Å². The largest absolute Gasteiger partial charge is 0.478 e. The summed E-state index contributed by atoms with van der Waals surface area (Å²) in [6, 6.07) is 17.8. The molecule has 0 spiro atoms. The van der Waals surface area contributed by atoms with Gasteiger partial charge in [0.05, 0.1) is 11.6 Å². The molecular formula is C25H19Cl2NO4. The maximum absolute atomic E-state index is 13.6. The number of hydrogen-bond acceptors (Lipinski definition) is 3. The van der Waals surface area contributed by atoms with Gasteiger partial charge in [-0.3, -0.25) is 9.59 Å². The molecule has 0 aromatic heterocycles. The Morgan fingerprint density at radius 2 is 1.66 bits per heavy atom. The van der Waals surface area contributed by atoms with Gasteiger partial charge < -0.3 is 10.0 Å². The van der Waals surface area contributed by atoms with Crippen molar-refractivity contribution < 1.29 is 19.5 Å². The van der Waals surface area contributed by atoms with E-state index in [0.717, 1.165) is 11.1 Å². The molecule has 1 heterocycles. The molecule has 0 aliphatic carbocycles. The number of ketones is 1. The van der Waals surface area contributed by atoms with Gasteiger partial charge >= 0.3 is 5.97 Å². The number of nitrogens with zero attached hydrogens (tertiary/aromatic N) is 1. The Bertz CT molecular complexity index is 1210. The number of Topliss-reactive ketones (excluding diaryl/α,β-unsaturated/α-hetero) is 1. The minimum atomic E-state index is -1.03. The van der Waals surface area contributed by atoms with Crippen molar-refractivity contribution in [2.75, 3.05) is 0 Å². The Morgan fingerprint density at radius 1 is 0.938 bits per heavy atom. The fourth-order valence-electron chi connectivity index (χ4n) is 3.94. The molecule has 0 saturated carbocycles. The Kier molecular flexibility index (Phi) is 6.31. The van der Waals surface area contributed by atoms with Crippen LogP contribution in [-0.4, -0.2) is 33.7 Å². The Hall–Kier alpha value is -3.15. The number of rotatable bonds is 5. The molecule has 1 aliphatic heterocycles. The first-order chi connectivity index (χ1) is 15.3. The minimum absolute atomic E-state index is 0.0958. The minimum Gasteiger partial charge on any atom is -0.478 e. The zero-order chi connectivity index (χ0) is 22.8. The lowest BCUT2D eigenvalue weighted by atomic mass is 9.97. The number of carboxylic acid groups (broad SMARTS) is 1. The summed E-state index contributed by atoms with van der Waals surface area (Å²) in [4.78, 5) is 39.6. The van der Waals surface area contributed by atoms with Crippen molar-refractivity contribution in [3.05, 3.63) is 105 Å². The van der Waals surface area contributed by atoms with Gasteiger partial charge in [0.15, 0.2) is 5.78 Å². The van der Waals surface area contributed by atoms with Crippen LogP contribution in [0.1, 0.15) is 37.4 Å². The monoisotopic (exact) mass is 467 g/mol. The normalized spacial score (nSPS) is 15.9. The van der Waals surface area contributed by atoms with Crippen molar-refractivity contribution in [2.45, 2.75) is 25.4 Å². The number of carbonyl (C=O) groups is 3. The molecule has 5 nitrogen and oxygen atoms in total. The number of amides is 1. The topological polar surface area (TPSA) is 74.7 Å². The van der Waals surface area contributed by atoms with E-state index in [9.17, 15) is 14.4 Å². The highest BCUT2D eigenvalue weighted by molar-refractivity contribution is 6.31. The second-order valence-corrected chi connectivity index (χ2v) is 8.60. The molecule has 0 radical (unpaired) electrons. The number of hydrogen-bond donors (Lipinski definition) is 1. The molecule has 0 saturated heterocycles. The van der Waals surface area contributed by atoms with Crippen LogP contribution in [0.3, 0.4) is 0 Å². The van der Waals surface area contributed by atoms with E-state index in [0.29, 0.717) is 27.6 Å². The van der Waals surface area contributed by atoms with Crippen LogP contribution >= 0.6 is 23.2 Å². The summed E-state index contributed by atoms with van der Waals surface area (Å²) in [5.41, 5.74) is 2.77. The molecule has 1 N–H and O–H groups in total. The quantitative estimate of drug-likeness (QED) is 0.568. The Morgan fingerprint density at radius 3 is 2.34 bits per heavy atom. The summed E-state index contributed by atoms with van der Waals surface area (Å²) >= 11 is 12.2. The number of benzene rings is 3. The van der Waals surface area contributed by atoms with Crippen LogP contribution in [-0.2, 0) is 24.2 Å². The predicted octanol–water partition coefficient (Wildman–Crippen LogP) is 5.07. The zero-order valence-corrected chi connectivity index (χ0v) is 18.4. The summed E-state index contributed by atoms with van der Waals surface area (Å²) in [5.74, 6) is -1.39. The first-order valence-corrected chi connectivity index (χ1v) is 10.8. The molecule has 4 rings (SSSR count). The van der Waals surface area contributed by atoms with E-state index in [1.165, 1.54) is 12.1 Å². The lowest BCUT2D eigenvalue weighted by Gasteiger charge is -2.29. The van der Waals surface area contributed by atoms with Gasteiger partial charge in [-0.05, 0) is 59.2 Å². The molecule has 0 unspecified atom stereocenters. The van der Waals surface area contributed by atoms with Crippen LogP contribution < -0.4 is 0 Å². The van der Waals surface area contributed by atoms with Crippen molar-refractivity contribution in [1.29, 1.82) is 0 Å². The van der Waals surface area contributed by atoms with E-state index in [1.807, 2.05) is 12.1 Å². The number of fused-ring (bicyclic) bond motifs is 1. The molecule has 32 heavy (non-hydrogen) atoms. The van der Waals surface area contributed by atoms with Gasteiger partial charge in [0.1, 0.15) is 0 Å². The van der Waals surface area contributed by atoms with Gasteiger partial charge in [-0.2, -0.15) is 0 Å². The Balaban J connectivity index is 1.73. The first-order valence-electron chi connectivity index (χ1n) is 10.0. The fraction of sp³-hybridized carbons (Fsp3) is 0.160.